The van der Waals surface area contributed by atoms with E-state index in [9.17, 15) is 19.8 Å². The average molecular weight is 208 g/mol. The van der Waals surface area contributed by atoms with Crippen LogP contribution >= 0.6 is 0 Å². The summed E-state index contributed by atoms with van der Waals surface area (Å²) in [5.41, 5.74) is 2.48. The second-order valence-corrected chi connectivity index (χ2v) is 3.48. The van der Waals surface area contributed by atoms with E-state index < -0.39 is 17.5 Å². The first-order chi connectivity index (χ1) is 6.85. The number of carbonyl (C=O) groups excluding carboxylic acids is 2. The van der Waals surface area contributed by atoms with Gasteiger partial charge in [0.05, 0.1) is 5.97 Å². The molecule has 0 fully saturated rings. The van der Waals surface area contributed by atoms with Gasteiger partial charge in [-0.3, -0.25) is 0 Å². The molecule has 5 nitrogen and oxygen atoms in total. The summed E-state index contributed by atoms with van der Waals surface area (Å²) in [5.74, 6) is -2.62. The van der Waals surface area contributed by atoms with Gasteiger partial charge in [-0.15, -0.1) is 0 Å². The molecule has 0 heterocycles. The number of carbonyl (C=O) groups is 2. The summed E-state index contributed by atoms with van der Waals surface area (Å²) in [6, 6.07) is 5.32. The quantitative estimate of drug-likeness (QED) is 0.581. The molecule has 1 atom stereocenters. The molecule has 15 heavy (non-hydrogen) atoms. The molecule has 0 radical (unpaired) electrons. The molecule has 1 rings (SSSR count). The average Bonchev–Trinajstić information content (AvgIpc) is 2.17. The maximum Gasteiger partial charge on any atom is 0.157 e. The highest BCUT2D eigenvalue weighted by Gasteiger charge is 2.26. The molecule has 0 saturated carbocycles. The molecule has 0 spiro atoms. The Morgan fingerprint density at radius 3 is 2.00 bits per heavy atom. The Labute approximate surface area is 86.1 Å². The van der Waals surface area contributed by atoms with Crippen LogP contribution in [0.3, 0.4) is 0 Å². The fraction of sp³-hybridized carbons (Fsp3) is 0.200. The van der Waals surface area contributed by atoms with Gasteiger partial charge in [-0.05, 0) is 5.56 Å². The Kier molecular flexibility index (Phi) is 2.76. The van der Waals surface area contributed by atoms with Crippen molar-refractivity contribution in [2.45, 2.75) is 12.5 Å². The highest BCUT2D eigenvalue weighted by atomic mass is 16.4. The van der Waals surface area contributed by atoms with Crippen molar-refractivity contribution in [3.63, 3.8) is 0 Å². The number of aliphatic carboxylic acids is 1. The first-order valence-corrected chi connectivity index (χ1v) is 4.24. The summed E-state index contributed by atoms with van der Waals surface area (Å²) in [6.45, 7) is 1.39. The summed E-state index contributed by atoms with van der Waals surface area (Å²) >= 11 is 0. The van der Waals surface area contributed by atoms with Crippen LogP contribution in [0.1, 0.15) is 22.8 Å². The lowest BCUT2D eigenvalue weighted by atomic mass is 9.93. The van der Waals surface area contributed by atoms with Crippen molar-refractivity contribution in [3.8, 4) is 0 Å². The summed E-state index contributed by atoms with van der Waals surface area (Å²) < 4.78 is 0. The van der Waals surface area contributed by atoms with Crippen LogP contribution in [-0.4, -0.2) is 11.9 Å². The number of hydrogen-bond donors (Lipinski definition) is 1. The van der Waals surface area contributed by atoms with E-state index in [-0.39, 0.29) is 5.56 Å². The Morgan fingerprint density at radius 2 is 1.67 bits per heavy atom. The van der Waals surface area contributed by atoms with Crippen molar-refractivity contribution in [3.05, 3.63) is 35.4 Å². The lowest BCUT2D eigenvalue weighted by molar-refractivity contribution is -0.489. The molecule has 0 bridgehead atoms. The van der Waals surface area contributed by atoms with E-state index in [1.165, 1.54) is 31.2 Å². The molecule has 0 amide bonds. The van der Waals surface area contributed by atoms with E-state index in [1.54, 1.807) is 0 Å². The van der Waals surface area contributed by atoms with Crippen LogP contribution in [0.5, 0.6) is 0 Å². The number of rotatable bonds is 3. The molecule has 5 heteroatoms. The summed E-state index contributed by atoms with van der Waals surface area (Å²) in [4.78, 5) is 21.2. The normalized spacial score (nSPS) is 14.3. The van der Waals surface area contributed by atoms with Gasteiger partial charge >= 0.3 is 0 Å². The number of aromatic carboxylic acids is 1. The number of carboxylic acids is 2. The zero-order valence-corrected chi connectivity index (χ0v) is 8.15. The maximum atomic E-state index is 10.7. The summed E-state index contributed by atoms with van der Waals surface area (Å²) in [5, 5.41) is 21.2. The van der Waals surface area contributed by atoms with Crippen LogP contribution in [0.2, 0.25) is 0 Å². The Hall–Kier alpha value is -1.88. The molecule has 0 saturated heterocycles. The number of benzene rings is 1. The lowest BCUT2D eigenvalue weighted by Gasteiger charge is -2.22. The molecule has 0 aliphatic rings. The monoisotopic (exact) mass is 208 g/mol. The second kappa shape index (κ2) is 3.70. The van der Waals surface area contributed by atoms with Crippen LogP contribution in [0, 0.1) is 0 Å². The Bertz CT molecular complexity index is 394. The highest BCUT2D eigenvalue weighted by Crippen LogP contribution is 2.15. The molecule has 3 N–H and O–H groups in total. The van der Waals surface area contributed by atoms with Gasteiger partial charge in [-0.25, -0.2) is 0 Å². The molecular formula is C10H10NO4-. The Morgan fingerprint density at radius 1 is 1.20 bits per heavy atom. The molecule has 80 valence electrons. The standard InChI is InChI=1S/C10H11NO4/c1-10(11,9(14)15)7-4-2-6(3-5-7)8(12)13/h2-5H,11H2,1H3,(H,12,13)(H,14,15)/p-1/t10-/m1/s1. The van der Waals surface area contributed by atoms with Crippen molar-refractivity contribution in [1.29, 1.82) is 0 Å². The van der Waals surface area contributed by atoms with Crippen LogP contribution in [0.25, 0.3) is 0 Å². The van der Waals surface area contributed by atoms with Crippen molar-refractivity contribution >= 4 is 11.9 Å². The number of hydrogen-bond acceptors (Lipinski definition) is 4. The maximum absolute atomic E-state index is 10.7. The zero-order valence-electron chi connectivity index (χ0n) is 8.15. The smallest absolute Gasteiger partial charge is 0.157 e. The predicted molar refractivity (Wildman–Crippen MR) is 46.0 cm³/mol. The zero-order chi connectivity index (χ0) is 11.6. The molecule has 1 aromatic carbocycles. The van der Waals surface area contributed by atoms with Crippen LogP contribution in [0.4, 0.5) is 0 Å². The number of carboxylic acid groups (broad SMARTS) is 2. The van der Waals surface area contributed by atoms with Crippen molar-refractivity contribution in [2.75, 3.05) is 0 Å². The first-order valence-electron chi connectivity index (χ1n) is 4.24. The minimum absolute atomic E-state index is 0.00658. The predicted octanol–water partition coefficient (Wildman–Crippen LogP) is -2.74. The molecule has 0 unspecified atom stereocenters. The third-order valence-electron chi connectivity index (χ3n) is 2.21. The van der Waals surface area contributed by atoms with E-state index in [1.807, 2.05) is 0 Å². The summed E-state index contributed by atoms with van der Waals surface area (Å²) in [7, 11) is 0. The fourth-order valence-electron chi connectivity index (χ4n) is 1.09. The van der Waals surface area contributed by atoms with E-state index in [0.717, 1.165) is 0 Å². The lowest BCUT2D eigenvalue weighted by Crippen LogP contribution is -2.75. The van der Waals surface area contributed by atoms with Gasteiger partial charge < -0.3 is 25.5 Å². The van der Waals surface area contributed by atoms with Gasteiger partial charge in [0.2, 0.25) is 0 Å². The van der Waals surface area contributed by atoms with E-state index in [0.29, 0.717) is 5.56 Å². The van der Waals surface area contributed by atoms with Gasteiger partial charge in [-0.2, -0.15) is 0 Å². The van der Waals surface area contributed by atoms with Gasteiger partial charge in [0.1, 0.15) is 5.97 Å². The van der Waals surface area contributed by atoms with Crippen LogP contribution in [0.15, 0.2) is 24.3 Å². The topological polar surface area (TPSA) is 108 Å². The third kappa shape index (κ3) is 2.13. The van der Waals surface area contributed by atoms with Crippen molar-refractivity contribution in [1.82, 2.24) is 0 Å². The van der Waals surface area contributed by atoms with Crippen LogP contribution < -0.4 is 15.9 Å². The molecular weight excluding hydrogens is 198 g/mol. The van der Waals surface area contributed by atoms with Gasteiger partial charge in [-0.1, -0.05) is 24.3 Å². The first kappa shape index (κ1) is 11.2. The minimum Gasteiger partial charge on any atom is -0.545 e. The SMILES string of the molecule is C[C@]([NH3+])(C(=O)[O-])c1ccc(C(=O)[O-])cc1. The number of quaternary nitrogens is 1. The fourth-order valence-corrected chi connectivity index (χ4v) is 1.09. The van der Waals surface area contributed by atoms with E-state index in [2.05, 4.69) is 5.73 Å². The van der Waals surface area contributed by atoms with Gasteiger partial charge in [0.15, 0.2) is 5.54 Å². The Balaban J connectivity index is 3.09. The highest BCUT2D eigenvalue weighted by molar-refractivity contribution is 5.86. The molecule has 0 aliphatic heterocycles. The third-order valence-corrected chi connectivity index (χ3v) is 2.21. The molecule has 1 aromatic rings. The van der Waals surface area contributed by atoms with Gasteiger partial charge in [0.25, 0.3) is 0 Å². The van der Waals surface area contributed by atoms with E-state index >= 15 is 0 Å². The second-order valence-electron chi connectivity index (χ2n) is 3.48. The summed E-state index contributed by atoms with van der Waals surface area (Å²) in [6.07, 6.45) is 0. The van der Waals surface area contributed by atoms with Crippen molar-refractivity contribution in [2.24, 2.45) is 0 Å². The largest absolute Gasteiger partial charge is 0.545 e. The molecule has 0 aliphatic carbocycles. The molecule has 0 aromatic heterocycles. The minimum atomic E-state index is -1.38. The van der Waals surface area contributed by atoms with E-state index in [4.69, 9.17) is 0 Å². The van der Waals surface area contributed by atoms with Crippen molar-refractivity contribution < 1.29 is 25.5 Å². The van der Waals surface area contributed by atoms with Crippen LogP contribution in [-0.2, 0) is 10.3 Å². The van der Waals surface area contributed by atoms with Gasteiger partial charge in [0, 0.05) is 12.5 Å².